The largest absolute Gasteiger partial charge is 0.355 e. The Bertz CT molecular complexity index is 565. The number of pyridine rings is 1. The number of aromatic amines is 1. The van der Waals surface area contributed by atoms with Crippen LogP contribution in [0.5, 0.6) is 0 Å². The minimum Gasteiger partial charge on any atom is -0.355 e. The van der Waals surface area contributed by atoms with E-state index in [9.17, 15) is 0 Å². The molecule has 1 saturated heterocycles. The first-order valence-electron chi connectivity index (χ1n) is 7.59. The zero-order chi connectivity index (χ0) is 14.7. The van der Waals surface area contributed by atoms with E-state index in [1.165, 1.54) is 18.5 Å². The van der Waals surface area contributed by atoms with Crippen LogP contribution in [0.3, 0.4) is 0 Å². The molecule has 0 saturated carbocycles. The molecule has 1 fully saturated rings. The highest BCUT2D eigenvalue weighted by Gasteiger charge is 2.24. The van der Waals surface area contributed by atoms with Gasteiger partial charge in [-0.25, -0.2) is 9.97 Å². The van der Waals surface area contributed by atoms with Crippen LogP contribution in [-0.2, 0) is 6.54 Å². The summed E-state index contributed by atoms with van der Waals surface area (Å²) in [6.07, 6.45) is 6.10. The van der Waals surface area contributed by atoms with E-state index in [0.29, 0.717) is 6.04 Å². The van der Waals surface area contributed by atoms with Crippen LogP contribution in [-0.4, -0.2) is 46.0 Å². The second kappa shape index (κ2) is 6.26. The monoisotopic (exact) mass is 285 g/mol. The molecule has 1 aliphatic heterocycles. The van der Waals surface area contributed by atoms with Gasteiger partial charge in [-0.05, 0) is 38.9 Å². The predicted octanol–water partition coefficient (Wildman–Crippen LogP) is 2.21. The summed E-state index contributed by atoms with van der Waals surface area (Å²) in [5.41, 5.74) is 2.31. The van der Waals surface area contributed by atoms with Gasteiger partial charge in [0, 0.05) is 37.6 Å². The molecule has 5 nitrogen and oxygen atoms in total. The molecule has 2 aromatic rings. The molecule has 5 heteroatoms. The van der Waals surface area contributed by atoms with E-state index >= 15 is 0 Å². The first-order chi connectivity index (χ1) is 10.2. The fraction of sp³-hybridized carbons (Fsp3) is 0.500. The van der Waals surface area contributed by atoms with E-state index in [1.807, 2.05) is 12.3 Å². The van der Waals surface area contributed by atoms with Crippen molar-refractivity contribution >= 4 is 5.82 Å². The number of hydrogen-bond acceptors (Lipinski definition) is 4. The summed E-state index contributed by atoms with van der Waals surface area (Å²) in [4.78, 5) is 16.8. The molecule has 0 spiro atoms. The highest BCUT2D eigenvalue weighted by Crippen LogP contribution is 2.21. The lowest BCUT2D eigenvalue weighted by atomic mass is 10.0. The lowest BCUT2D eigenvalue weighted by Crippen LogP contribution is -2.46. The Labute approximate surface area is 126 Å². The minimum atomic E-state index is 0.553. The van der Waals surface area contributed by atoms with Crippen molar-refractivity contribution in [3.63, 3.8) is 0 Å². The molecule has 112 valence electrons. The van der Waals surface area contributed by atoms with Gasteiger partial charge >= 0.3 is 0 Å². The van der Waals surface area contributed by atoms with Gasteiger partial charge in [0.15, 0.2) is 0 Å². The van der Waals surface area contributed by atoms with Gasteiger partial charge in [0.1, 0.15) is 5.82 Å². The number of nitrogens with one attached hydrogen (secondary N) is 1. The van der Waals surface area contributed by atoms with Gasteiger partial charge in [-0.1, -0.05) is 6.07 Å². The van der Waals surface area contributed by atoms with Gasteiger partial charge in [0.2, 0.25) is 0 Å². The third-order valence-electron chi connectivity index (χ3n) is 4.33. The maximum atomic E-state index is 4.48. The Morgan fingerprint density at radius 3 is 3.00 bits per heavy atom. The number of anilines is 1. The number of hydrogen-bond donors (Lipinski definition) is 1. The zero-order valence-electron chi connectivity index (χ0n) is 12.8. The summed E-state index contributed by atoms with van der Waals surface area (Å²) in [6, 6.07) is 6.68. The summed E-state index contributed by atoms with van der Waals surface area (Å²) < 4.78 is 0. The molecule has 1 atom stereocenters. The SMILES string of the molecule is Cc1[nH]cnc1CN(C)[C@H]1CCCN(c2ccccn2)C1. The smallest absolute Gasteiger partial charge is 0.128 e. The Morgan fingerprint density at radius 2 is 2.29 bits per heavy atom. The van der Waals surface area contributed by atoms with E-state index in [0.717, 1.165) is 31.1 Å². The van der Waals surface area contributed by atoms with Crippen LogP contribution in [0.15, 0.2) is 30.7 Å². The van der Waals surface area contributed by atoms with Crippen LogP contribution in [0.2, 0.25) is 0 Å². The second-order valence-electron chi connectivity index (χ2n) is 5.82. The van der Waals surface area contributed by atoms with Crippen molar-refractivity contribution in [3.8, 4) is 0 Å². The Kier molecular flexibility index (Phi) is 4.20. The number of rotatable bonds is 4. The van der Waals surface area contributed by atoms with E-state index in [4.69, 9.17) is 0 Å². The fourth-order valence-electron chi connectivity index (χ4n) is 2.98. The maximum Gasteiger partial charge on any atom is 0.128 e. The molecule has 1 aliphatic rings. The van der Waals surface area contributed by atoms with Gasteiger partial charge in [-0.2, -0.15) is 0 Å². The minimum absolute atomic E-state index is 0.553. The average Bonchev–Trinajstić information content (AvgIpc) is 2.93. The Balaban J connectivity index is 1.64. The molecule has 0 radical (unpaired) electrons. The van der Waals surface area contributed by atoms with Crippen molar-refractivity contribution in [3.05, 3.63) is 42.1 Å². The van der Waals surface area contributed by atoms with Crippen molar-refractivity contribution in [1.82, 2.24) is 19.9 Å². The molecule has 0 amide bonds. The molecule has 3 heterocycles. The third kappa shape index (κ3) is 3.24. The fourth-order valence-corrected chi connectivity index (χ4v) is 2.98. The molecule has 0 aliphatic carbocycles. The van der Waals surface area contributed by atoms with Crippen LogP contribution < -0.4 is 4.90 Å². The molecule has 3 rings (SSSR count). The topological polar surface area (TPSA) is 48.1 Å². The van der Waals surface area contributed by atoms with E-state index < -0.39 is 0 Å². The van der Waals surface area contributed by atoms with Crippen molar-refractivity contribution in [2.75, 3.05) is 25.0 Å². The molecule has 2 aromatic heterocycles. The molecule has 1 N–H and O–H groups in total. The molecule has 0 unspecified atom stereocenters. The number of likely N-dealkylation sites (N-methyl/N-ethyl adjacent to an activating group) is 1. The van der Waals surface area contributed by atoms with E-state index in [-0.39, 0.29) is 0 Å². The van der Waals surface area contributed by atoms with Crippen molar-refractivity contribution < 1.29 is 0 Å². The van der Waals surface area contributed by atoms with Gasteiger partial charge in [0.05, 0.1) is 12.0 Å². The van der Waals surface area contributed by atoms with Gasteiger partial charge in [0.25, 0.3) is 0 Å². The standard InChI is InChI=1S/C16H23N5/c1-13-15(19-12-18-13)11-20(2)14-6-5-9-21(10-14)16-7-3-4-8-17-16/h3-4,7-8,12,14H,5-6,9-11H2,1-2H3,(H,18,19)/t14-/m0/s1. The lowest BCUT2D eigenvalue weighted by molar-refractivity contribution is 0.205. The number of aryl methyl sites for hydroxylation is 1. The quantitative estimate of drug-likeness (QED) is 0.935. The first kappa shape index (κ1) is 14.1. The lowest BCUT2D eigenvalue weighted by Gasteiger charge is -2.38. The highest BCUT2D eigenvalue weighted by molar-refractivity contribution is 5.38. The van der Waals surface area contributed by atoms with Gasteiger partial charge < -0.3 is 9.88 Å². The van der Waals surface area contributed by atoms with Crippen molar-refractivity contribution in [2.24, 2.45) is 0 Å². The summed E-state index contributed by atoms with van der Waals surface area (Å²) in [5, 5.41) is 0. The second-order valence-corrected chi connectivity index (χ2v) is 5.82. The summed E-state index contributed by atoms with van der Waals surface area (Å²) >= 11 is 0. The van der Waals surface area contributed by atoms with E-state index in [1.54, 1.807) is 6.33 Å². The van der Waals surface area contributed by atoms with Crippen LogP contribution in [0.1, 0.15) is 24.2 Å². The van der Waals surface area contributed by atoms with Gasteiger partial charge in [-0.3, -0.25) is 4.90 Å². The Hall–Kier alpha value is -1.88. The average molecular weight is 285 g/mol. The molecule has 0 aromatic carbocycles. The summed E-state index contributed by atoms with van der Waals surface area (Å²) in [6.45, 7) is 5.12. The maximum absolute atomic E-state index is 4.48. The number of piperidine rings is 1. The number of imidazole rings is 1. The molecule has 0 bridgehead atoms. The number of aromatic nitrogens is 3. The van der Waals surface area contributed by atoms with Crippen LogP contribution in [0, 0.1) is 6.92 Å². The van der Waals surface area contributed by atoms with E-state index in [2.05, 4.69) is 50.9 Å². The molecule has 21 heavy (non-hydrogen) atoms. The normalized spacial score (nSPS) is 19.2. The summed E-state index contributed by atoms with van der Waals surface area (Å²) in [5.74, 6) is 1.09. The van der Waals surface area contributed by atoms with Gasteiger partial charge in [-0.15, -0.1) is 0 Å². The Morgan fingerprint density at radius 1 is 1.38 bits per heavy atom. The predicted molar refractivity (Wildman–Crippen MR) is 84.3 cm³/mol. The number of H-pyrrole nitrogens is 1. The van der Waals surface area contributed by atoms with Crippen LogP contribution in [0.4, 0.5) is 5.82 Å². The third-order valence-corrected chi connectivity index (χ3v) is 4.33. The van der Waals surface area contributed by atoms with Crippen molar-refractivity contribution in [1.29, 1.82) is 0 Å². The summed E-state index contributed by atoms with van der Waals surface area (Å²) in [7, 11) is 2.20. The molecular weight excluding hydrogens is 262 g/mol. The van der Waals surface area contributed by atoms with Crippen LogP contribution in [0.25, 0.3) is 0 Å². The first-order valence-corrected chi connectivity index (χ1v) is 7.59. The zero-order valence-corrected chi connectivity index (χ0v) is 12.8. The highest BCUT2D eigenvalue weighted by atomic mass is 15.2. The van der Waals surface area contributed by atoms with Crippen LogP contribution >= 0.6 is 0 Å². The number of nitrogens with zero attached hydrogens (tertiary/aromatic N) is 4. The molecular formula is C16H23N5. The van der Waals surface area contributed by atoms with Crippen molar-refractivity contribution in [2.45, 2.75) is 32.4 Å².